The molecule has 0 aromatic heterocycles. The number of carbonyl (C=O) groups is 2. The predicted molar refractivity (Wildman–Crippen MR) is 133 cm³/mol. The number of aryl methyl sites for hydroxylation is 1. The SMILES string of the molecule is COCCOCOCCNC(=S)C(C(C)C)C(CCOc1ccc(C)cc1)(CC(N)=O)C(=O)O. The third-order valence-corrected chi connectivity index (χ3v) is 5.84. The molecular formula is C24H38N2O7S. The molecule has 192 valence electrons. The Bertz CT molecular complexity index is 773. The smallest absolute Gasteiger partial charge is 0.311 e. The number of hydrogen-bond acceptors (Lipinski definition) is 7. The number of hydrogen-bond donors (Lipinski definition) is 3. The van der Waals surface area contributed by atoms with Gasteiger partial charge in [-0.25, -0.2) is 0 Å². The molecule has 0 saturated heterocycles. The van der Waals surface area contributed by atoms with E-state index in [2.05, 4.69) is 5.32 Å². The van der Waals surface area contributed by atoms with Crippen molar-refractivity contribution in [2.45, 2.75) is 33.6 Å². The fraction of sp³-hybridized carbons (Fsp3) is 0.625. The second kappa shape index (κ2) is 15.6. The van der Waals surface area contributed by atoms with Gasteiger partial charge in [0, 0.05) is 26.0 Å². The van der Waals surface area contributed by atoms with Crippen LogP contribution in [0.1, 0.15) is 32.3 Å². The van der Waals surface area contributed by atoms with Crippen LogP contribution in [-0.2, 0) is 23.8 Å². The van der Waals surface area contributed by atoms with Gasteiger partial charge in [-0.2, -0.15) is 0 Å². The van der Waals surface area contributed by atoms with E-state index in [9.17, 15) is 14.7 Å². The maximum Gasteiger partial charge on any atom is 0.311 e. The first-order valence-electron chi connectivity index (χ1n) is 11.3. The summed E-state index contributed by atoms with van der Waals surface area (Å²) in [6.07, 6.45) is -0.290. The number of benzene rings is 1. The molecule has 34 heavy (non-hydrogen) atoms. The molecule has 1 aromatic rings. The van der Waals surface area contributed by atoms with Crippen molar-refractivity contribution in [3.8, 4) is 5.75 Å². The number of nitrogens with two attached hydrogens (primary N) is 1. The lowest BCUT2D eigenvalue weighted by Crippen LogP contribution is -2.51. The first-order chi connectivity index (χ1) is 16.1. The Hall–Kier alpha value is -2.27. The zero-order chi connectivity index (χ0) is 25.6. The van der Waals surface area contributed by atoms with Gasteiger partial charge in [-0.3, -0.25) is 9.59 Å². The summed E-state index contributed by atoms with van der Waals surface area (Å²) in [5.74, 6) is -2.04. The van der Waals surface area contributed by atoms with E-state index in [1.165, 1.54) is 0 Å². The van der Waals surface area contributed by atoms with Gasteiger partial charge < -0.3 is 35.1 Å². The maximum absolute atomic E-state index is 12.6. The fourth-order valence-electron chi connectivity index (χ4n) is 3.83. The molecule has 0 aliphatic rings. The zero-order valence-electron chi connectivity index (χ0n) is 20.5. The lowest BCUT2D eigenvalue weighted by atomic mass is 9.65. The number of primary amides is 1. The van der Waals surface area contributed by atoms with Crippen molar-refractivity contribution in [1.82, 2.24) is 5.32 Å². The van der Waals surface area contributed by atoms with Crippen LogP contribution in [-0.4, -0.2) is 68.8 Å². The molecule has 0 aliphatic heterocycles. The Kier molecular flexibility index (Phi) is 13.7. The Morgan fingerprint density at radius 1 is 1.12 bits per heavy atom. The lowest BCUT2D eigenvalue weighted by Gasteiger charge is -2.39. The predicted octanol–water partition coefficient (Wildman–Crippen LogP) is 2.54. The molecule has 0 radical (unpaired) electrons. The molecule has 1 amide bonds. The third kappa shape index (κ3) is 9.92. The molecule has 9 nitrogen and oxygen atoms in total. The van der Waals surface area contributed by atoms with Crippen LogP contribution in [0.3, 0.4) is 0 Å². The molecule has 0 spiro atoms. The van der Waals surface area contributed by atoms with Gasteiger partial charge in [0.25, 0.3) is 0 Å². The average molecular weight is 499 g/mol. The number of thiocarbonyl (C=S) groups is 1. The Balaban J connectivity index is 2.87. The minimum Gasteiger partial charge on any atom is -0.494 e. The zero-order valence-corrected chi connectivity index (χ0v) is 21.3. The van der Waals surface area contributed by atoms with Gasteiger partial charge in [-0.1, -0.05) is 43.8 Å². The number of methoxy groups -OCH3 is 1. The van der Waals surface area contributed by atoms with E-state index in [1.807, 2.05) is 45.0 Å². The number of aliphatic carboxylic acids is 1. The number of carboxylic acid groups (broad SMARTS) is 1. The number of ether oxygens (including phenoxy) is 4. The van der Waals surface area contributed by atoms with Gasteiger partial charge >= 0.3 is 5.97 Å². The van der Waals surface area contributed by atoms with E-state index >= 15 is 0 Å². The summed E-state index contributed by atoms with van der Waals surface area (Å²) in [7, 11) is 1.59. The number of carboxylic acids is 1. The third-order valence-electron chi connectivity index (χ3n) is 5.44. The largest absolute Gasteiger partial charge is 0.494 e. The number of rotatable bonds is 18. The molecular weight excluding hydrogens is 460 g/mol. The van der Waals surface area contributed by atoms with Crippen molar-refractivity contribution in [2.24, 2.45) is 23.0 Å². The van der Waals surface area contributed by atoms with E-state index in [0.29, 0.717) is 37.1 Å². The summed E-state index contributed by atoms with van der Waals surface area (Å²) in [4.78, 5) is 24.9. The molecule has 0 fully saturated rings. The van der Waals surface area contributed by atoms with Gasteiger partial charge in [0.2, 0.25) is 5.91 Å². The minimum absolute atomic E-state index is 0.0632. The van der Waals surface area contributed by atoms with E-state index in [0.717, 1.165) is 5.56 Å². The molecule has 1 aromatic carbocycles. The second-order valence-electron chi connectivity index (χ2n) is 8.46. The highest BCUT2D eigenvalue weighted by Gasteiger charge is 2.50. The van der Waals surface area contributed by atoms with E-state index in [1.54, 1.807) is 7.11 Å². The van der Waals surface area contributed by atoms with Crippen LogP contribution < -0.4 is 15.8 Å². The van der Waals surface area contributed by atoms with Gasteiger partial charge in [-0.05, 0) is 31.4 Å². The molecule has 1 rings (SSSR count). The summed E-state index contributed by atoms with van der Waals surface area (Å²) in [5, 5.41) is 13.4. The standard InChI is InChI=1S/C24H38N2O7S/c1-17(2)21(22(34)26-10-12-31-16-32-14-13-30-4)24(23(28)29,15-20(25)27)9-11-33-19-7-5-18(3)6-8-19/h5-8,17,21H,9-16H2,1-4H3,(H2,25,27)(H,26,34)(H,28,29). The highest BCUT2D eigenvalue weighted by atomic mass is 32.1. The van der Waals surface area contributed by atoms with E-state index in [-0.39, 0.29) is 32.2 Å². The molecule has 0 heterocycles. The number of nitrogens with one attached hydrogen (secondary N) is 1. The topological polar surface area (TPSA) is 129 Å². The molecule has 2 atom stereocenters. The van der Waals surface area contributed by atoms with Crippen molar-refractivity contribution >= 4 is 29.1 Å². The average Bonchev–Trinajstić information content (AvgIpc) is 2.76. The van der Waals surface area contributed by atoms with Crippen LogP contribution in [0.15, 0.2) is 24.3 Å². The van der Waals surface area contributed by atoms with E-state index < -0.39 is 23.2 Å². The summed E-state index contributed by atoms with van der Waals surface area (Å²) in [6, 6.07) is 7.45. The first-order valence-corrected chi connectivity index (χ1v) is 11.7. The Morgan fingerprint density at radius 2 is 1.76 bits per heavy atom. The first kappa shape index (κ1) is 29.8. The summed E-state index contributed by atoms with van der Waals surface area (Å²) < 4.78 is 21.3. The van der Waals surface area contributed by atoms with Crippen LogP contribution in [0, 0.1) is 24.2 Å². The van der Waals surface area contributed by atoms with Gasteiger partial charge in [0.1, 0.15) is 12.5 Å². The van der Waals surface area contributed by atoms with Crippen LogP contribution in [0.5, 0.6) is 5.75 Å². The molecule has 0 bridgehead atoms. The van der Waals surface area contributed by atoms with Crippen molar-refractivity contribution < 1.29 is 33.6 Å². The monoisotopic (exact) mass is 498 g/mol. The molecule has 0 aliphatic carbocycles. The van der Waals surface area contributed by atoms with Gasteiger partial charge in [-0.15, -0.1) is 0 Å². The maximum atomic E-state index is 12.6. The summed E-state index contributed by atoms with van der Waals surface area (Å²) >= 11 is 5.59. The molecule has 2 unspecified atom stereocenters. The number of carbonyl (C=O) groups excluding carboxylic acids is 1. The van der Waals surface area contributed by atoms with Crippen molar-refractivity contribution in [3.63, 3.8) is 0 Å². The normalized spacial score (nSPS) is 13.8. The Morgan fingerprint density at radius 3 is 2.32 bits per heavy atom. The Labute approximate surface area is 207 Å². The quantitative estimate of drug-likeness (QED) is 0.159. The number of amides is 1. The van der Waals surface area contributed by atoms with Crippen LogP contribution in [0.25, 0.3) is 0 Å². The van der Waals surface area contributed by atoms with Crippen LogP contribution >= 0.6 is 12.2 Å². The molecule has 10 heteroatoms. The molecule has 0 saturated carbocycles. The molecule has 4 N–H and O–H groups in total. The van der Waals surface area contributed by atoms with Crippen molar-refractivity contribution in [1.29, 1.82) is 0 Å². The highest BCUT2D eigenvalue weighted by Crippen LogP contribution is 2.41. The fourth-order valence-corrected chi connectivity index (χ4v) is 4.43. The highest BCUT2D eigenvalue weighted by molar-refractivity contribution is 7.80. The summed E-state index contributed by atoms with van der Waals surface area (Å²) in [5.41, 5.74) is 5.06. The van der Waals surface area contributed by atoms with E-state index in [4.69, 9.17) is 36.9 Å². The van der Waals surface area contributed by atoms with Crippen LogP contribution in [0.4, 0.5) is 0 Å². The van der Waals surface area contributed by atoms with Crippen molar-refractivity contribution in [3.05, 3.63) is 29.8 Å². The van der Waals surface area contributed by atoms with Gasteiger partial charge in [0.05, 0.1) is 36.8 Å². The van der Waals surface area contributed by atoms with Gasteiger partial charge in [0.15, 0.2) is 0 Å². The lowest BCUT2D eigenvalue weighted by molar-refractivity contribution is -0.156. The minimum atomic E-state index is -1.51. The van der Waals surface area contributed by atoms with Crippen molar-refractivity contribution in [2.75, 3.05) is 46.9 Å². The van der Waals surface area contributed by atoms with Crippen LogP contribution in [0.2, 0.25) is 0 Å². The second-order valence-corrected chi connectivity index (χ2v) is 8.90. The summed E-state index contributed by atoms with van der Waals surface area (Å²) in [6.45, 7) is 7.50.